The van der Waals surface area contributed by atoms with Crippen LogP contribution < -0.4 is 15.4 Å². The van der Waals surface area contributed by atoms with Gasteiger partial charge in [0.1, 0.15) is 10.8 Å². The highest BCUT2D eigenvalue weighted by Gasteiger charge is 2.27. The van der Waals surface area contributed by atoms with Crippen LogP contribution in [0.4, 0.5) is 5.00 Å². The number of rotatable bonds is 7. The second-order valence-electron chi connectivity index (χ2n) is 6.80. The minimum atomic E-state index is -0.579. The monoisotopic (exact) mass is 416 g/mol. The highest BCUT2D eigenvalue weighted by atomic mass is 32.1. The van der Waals surface area contributed by atoms with Gasteiger partial charge >= 0.3 is 5.97 Å². The summed E-state index contributed by atoms with van der Waals surface area (Å²) in [6, 6.07) is 7.35. The smallest absolute Gasteiger partial charge is 0.341 e. The molecule has 0 saturated carbocycles. The standard InChI is InChI=1S/C21H24N2O5S/c1-13(24)23-20-19(16-8-3-4-9-17(16)29-20)21(26)28-12-18(25)22-11-14-6-5-7-15(10-14)27-2/h5-7,10H,3-4,8-9,11-12H2,1-2H3,(H,22,25)(H,23,24). The molecule has 0 spiro atoms. The van der Waals surface area contributed by atoms with E-state index in [1.807, 2.05) is 24.3 Å². The number of aryl methyl sites for hydroxylation is 1. The van der Waals surface area contributed by atoms with E-state index in [1.54, 1.807) is 7.11 Å². The number of thiophene rings is 1. The molecule has 7 nitrogen and oxygen atoms in total. The van der Waals surface area contributed by atoms with Crippen LogP contribution in [0.1, 0.15) is 46.1 Å². The number of fused-ring (bicyclic) bond motifs is 1. The molecule has 3 rings (SSSR count). The van der Waals surface area contributed by atoms with Crippen LogP contribution in [-0.4, -0.2) is 31.5 Å². The molecule has 2 N–H and O–H groups in total. The van der Waals surface area contributed by atoms with Gasteiger partial charge in [-0.3, -0.25) is 9.59 Å². The SMILES string of the molecule is COc1cccc(CNC(=O)COC(=O)c2c(NC(C)=O)sc3c2CCCC3)c1. The third-order valence-electron chi connectivity index (χ3n) is 4.62. The first-order valence-corrected chi connectivity index (χ1v) is 10.3. The number of ether oxygens (including phenoxy) is 2. The normalized spacial score (nSPS) is 12.6. The summed E-state index contributed by atoms with van der Waals surface area (Å²) in [5.41, 5.74) is 2.20. The molecule has 0 radical (unpaired) electrons. The Hall–Kier alpha value is -2.87. The number of hydrogen-bond acceptors (Lipinski definition) is 6. The minimum Gasteiger partial charge on any atom is -0.497 e. The van der Waals surface area contributed by atoms with Crippen molar-refractivity contribution >= 4 is 34.1 Å². The summed E-state index contributed by atoms with van der Waals surface area (Å²) in [4.78, 5) is 37.4. The average molecular weight is 416 g/mol. The zero-order valence-corrected chi connectivity index (χ0v) is 17.3. The fourth-order valence-corrected chi connectivity index (χ4v) is 4.59. The van der Waals surface area contributed by atoms with E-state index in [0.29, 0.717) is 22.9 Å². The summed E-state index contributed by atoms with van der Waals surface area (Å²) in [5.74, 6) is -0.513. The fourth-order valence-electron chi connectivity index (χ4n) is 3.27. The number of amides is 2. The predicted octanol–water partition coefficient (Wildman–Crippen LogP) is 3.07. The largest absolute Gasteiger partial charge is 0.497 e. The first kappa shape index (κ1) is 20.9. The molecule has 1 aromatic carbocycles. The second-order valence-corrected chi connectivity index (χ2v) is 7.91. The Bertz CT molecular complexity index is 922. The van der Waals surface area contributed by atoms with Crippen LogP contribution in [0.3, 0.4) is 0 Å². The molecule has 8 heteroatoms. The molecule has 0 saturated heterocycles. The summed E-state index contributed by atoms with van der Waals surface area (Å²) in [6.45, 7) is 1.32. The molecule has 0 atom stereocenters. The lowest BCUT2D eigenvalue weighted by atomic mass is 9.95. The van der Waals surface area contributed by atoms with Gasteiger partial charge < -0.3 is 20.1 Å². The molecule has 154 valence electrons. The van der Waals surface area contributed by atoms with Gasteiger partial charge in [0.25, 0.3) is 5.91 Å². The Morgan fingerprint density at radius 3 is 2.72 bits per heavy atom. The maximum Gasteiger partial charge on any atom is 0.341 e. The van der Waals surface area contributed by atoms with E-state index in [-0.39, 0.29) is 12.5 Å². The maximum atomic E-state index is 12.7. The number of anilines is 1. The summed E-state index contributed by atoms with van der Waals surface area (Å²) in [6.07, 6.45) is 3.72. The van der Waals surface area contributed by atoms with Crippen LogP contribution in [0.15, 0.2) is 24.3 Å². The zero-order valence-electron chi connectivity index (χ0n) is 16.5. The highest BCUT2D eigenvalue weighted by Crippen LogP contribution is 2.38. The molecule has 0 unspecified atom stereocenters. The Balaban J connectivity index is 1.60. The molecule has 1 heterocycles. The minimum absolute atomic E-state index is 0.242. The van der Waals surface area contributed by atoms with Crippen molar-refractivity contribution in [1.29, 1.82) is 0 Å². The van der Waals surface area contributed by atoms with Crippen molar-refractivity contribution in [3.8, 4) is 5.75 Å². The van der Waals surface area contributed by atoms with E-state index >= 15 is 0 Å². The van der Waals surface area contributed by atoms with E-state index in [1.165, 1.54) is 18.3 Å². The van der Waals surface area contributed by atoms with E-state index in [0.717, 1.165) is 41.7 Å². The van der Waals surface area contributed by atoms with Crippen LogP contribution in [0, 0.1) is 0 Å². The number of benzene rings is 1. The van der Waals surface area contributed by atoms with Gasteiger partial charge in [-0.1, -0.05) is 12.1 Å². The zero-order chi connectivity index (χ0) is 20.8. The molecule has 0 bridgehead atoms. The lowest BCUT2D eigenvalue weighted by Crippen LogP contribution is -2.28. The molecule has 29 heavy (non-hydrogen) atoms. The van der Waals surface area contributed by atoms with Crippen molar-refractivity contribution in [2.24, 2.45) is 0 Å². The van der Waals surface area contributed by atoms with Crippen molar-refractivity contribution in [3.05, 3.63) is 45.8 Å². The van der Waals surface area contributed by atoms with Crippen molar-refractivity contribution in [1.82, 2.24) is 5.32 Å². The van der Waals surface area contributed by atoms with Gasteiger partial charge in [-0.05, 0) is 48.9 Å². The quantitative estimate of drug-likeness (QED) is 0.677. The van der Waals surface area contributed by atoms with Crippen LogP contribution in [0.2, 0.25) is 0 Å². The summed E-state index contributed by atoms with van der Waals surface area (Å²) >= 11 is 1.42. The molecular weight excluding hydrogens is 392 g/mol. The van der Waals surface area contributed by atoms with E-state index < -0.39 is 11.9 Å². The lowest BCUT2D eigenvalue weighted by Gasteiger charge is -2.13. The van der Waals surface area contributed by atoms with Gasteiger partial charge in [0.05, 0.1) is 12.7 Å². The second kappa shape index (κ2) is 9.56. The number of carbonyl (C=O) groups excluding carboxylic acids is 3. The summed E-state index contributed by atoms with van der Waals surface area (Å²) in [5, 5.41) is 5.95. The van der Waals surface area contributed by atoms with Crippen LogP contribution in [0.5, 0.6) is 5.75 Å². The average Bonchev–Trinajstić information content (AvgIpc) is 3.07. The number of esters is 1. The molecule has 0 aliphatic heterocycles. The third-order valence-corrected chi connectivity index (χ3v) is 5.83. The summed E-state index contributed by atoms with van der Waals surface area (Å²) < 4.78 is 10.4. The van der Waals surface area contributed by atoms with Gasteiger partial charge in [0, 0.05) is 18.3 Å². The van der Waals surface area contributed by atoms with Crippen molar-refractivity contribution in [3.63, 3.8) is 0 Å². The van der Waals surface area contributed by atoms with E-state index in [9.17, 15) is 14.4 Å². The molecule has 2 aromatic rings. The topological polar surface area (TPSA) is 93.7 Å². The van der Waals surface area contributed by atoms with E-state index in [4.69, 9.17) is 9.47 Å². The third kappa shape index (κ3) is 5.35. The Morgan fingerprint density at radius 2 is 1.97 bits per heavy atom. The number of carbonyl (C=O) groups is 3. The first-order valence-electron chi connectivity index (χ1n) is 9.46. The van der Waals surface area contributed by atoms with Crippen LogP contribution in [0.25, 0.3) is 0 Å². The van der Waals surface area contributed by atoms with Crippen molar-refractivity contribution in [2.45, 2.75) is 39.2 Å². The van der Waals surface area contributed by atoms with Crippen molar-refractivity contribution < 1.29 is 23.9 Å². The van der Waals surface area contributed by atoms with Gasteiger partial charge in [0.15, 0.2) is 6.61 Å². The fraction of sp³-hybridized carbons (Fsp3) is 0.381. The van der Waals surface area contributed by atoms with Crippen LogP contribution >= 0.6 is 11.3 Å². The molecule has 0 fully saturated rings. The van der Waals surface area contributed by atoms with Crippen LogP contribution in [-0.2, 0) is 33.7 Å². The Morgan fingerprint density at radius 1 is 1.17 bits per heavy atom. The summed E-state index contributed by atoms with van der Waals surface area (Å²) in [7, 11) is 1.58. The Kier molecular flexibility index (Phi) is 6.87. The highest BCUT2D eigenvalue weighted by molar-refractivity contribution is 7.17. The number of methoxy groups -OCH3 is 1. The van der Waals surface area contributed by atoms with Gasteiger partial charge in [0.2, 0.25) is 5.91 Å². The van der Waals surface area contributed by atoms with Crippen molar-refractivity contribution in [2.75, 3.05) is 19.0 Å². The van der Waals surface area contributed by atoms with Gasteiger partial charge in [-0.15, -0.1) is 11.3 Å². The van der Waals surface area contributed by atoms with Gasteiger partial charge in [-0.25, -0.2) is 4.79 Å². The number of nitrogens with one attached hydrogen (secondary N) is 2. The lowest BCUT2D eigenvalue weighted by molar-refractivity contribution is -0.124. The first-order chi connectivity index (χ1) is 14.0. The van der Waals surface area contributed by atoms with E-state index in [2.05, 4.69) is 10.6 Å². The predicted molar refractivity (Wildman–Crippen MR) is 110 cm³/mol. The molecule has 1 aliphatic carbocycles. The molecule has 2 amide bonds. The molecular formula is C21H24N2O5S. The molecule has 1 aromatic heterocycles. The number of hydrogen-bond donors (Lipinski definition) is 2. The maximum absolute atomic E-state index is 12.7. The van der Waals surface area contributed by atoms with Gasteiger partial charge in [-0.2, -0.15) is 0 Å². The molecule has 1 aliphatic rings. The Labute approximate surface area is 173 Å².